The number of aromatic nitrogens is 2. The maximum Gasteiger partial charge on any atom is 0.154 e. The summed E-state index contributed by atoms with van der Waals surface area (Å²) in [6.07, 6.45) is 2.03. The minimum absolute atomic E-state index is 0.384. The van der Waals surface area contributed by atoms with Crippen LogP contribution in [-0.4, -0.2) is 9.78 Å². The summed E-state index contributed by atoms with van der Waals surface area (Å²) in [6, 6.07) is 0.384. The van der Waals surface area contributed by atoms with E-state index in [-0.39, 0.29) is 0 Å². The van der Waals surface area contributed by atoms with Gasteiger partial charge in [0.1, 0.15) is 0 Å². The van der Waals surface area contributed by atoms with Crippen LogP contribution in [0.25, 0.3) is 0 Å². The molecule has 0 spiro atoms. The molecule has 0 saturated carbocycles. The van der Waals surface area contributed by atoms with Gasteiger partial charge in [0, 0.05) is 17.8 Å². The largest absolute Gasteiger partial charge is 0.268 e. The Balaban J connectivity index is 3.00. The second-order valence-electron chi connectivity index (χ2n) is 3.60. The third-order valence-electron chi connectivity index (χ3n) is 1.86. The minimum atomic E-state index is 0.384. The summed E-state index contributed by atoms with van der Waals surface area (Å²) in [4.78, 5) is 0. The molecular weight excluding hydrogens is 172 g/mol. The third kappa shape index (κ3) is 1.81. The van der Waals surface area contributed by atoms with Gasteiger partial charge in [-0.25, -0.2) is 0 Å². The Morgan fingerprint density at radius 2 is 1.92 bits per heavy atom. The Morgan fingerprint density at radius 3 is 2.17 bits per heavy atom. The number of nitrogens with zero attached hydrogens (tertiary/aromatic N) is 2. The number of rotatable bonds is 2. The maximum atomic E-state index is 5.95. The summed E-state index contributed by atoms with van der Waals surface area (Å²) in [6.45, 7) is 8.42. The first-order valence-corrected chi connectivity index (χ1v) is 4.64. The van der Waals surface area contributed by atoms with Gasteiger partial charge < -0.3 is 0 Å². The highest BCUT2D eigenvalue weighted by atomic mass is 35.5. The molecule has 0 amide bonds. The SMILES string of the molecule is CC(C)c1cn(C(C)C)nc1Cl. The van der Waals surface area contributed by atoms with E-state index in [2.05, 4.69) is 32.8 Å². The van der Waals surface area contributed by atoms with E-state index in [1.54, 1.807) is 0 Å². The van der Waals surface area contributed by atoms with Gasteiger partial charge in [0.2, 0.25) is 0 Å². The molecule has 1 heterocycles. The van der Waals surface area contributed by atoms with E-state index in [9.17, 15) is 0 Å². The zero-order chi connectivity index (χ0) is 9.30. The van der Waals surface area contributed by atoms with E-state index in [1.165, 1.54) is 0 Å². The van der Waals surface area contributed by atoms with Crippen molar-refractivity contribution in [2.45, 2.75) is 39.7 Å². The Bertz CT molecular complexity index is 263. The molecule has 3 heteroatoms. The van der Waals surface area contributed by atoms with Crippen molar-refractivity contribution in [3.63, 3.8) is 0 Å². The lowest BCUT2D eigenvalue weighted by Crippen LogP contribution is -2.00. The van der Waals surface area contributed by atoms with Crippen LogP contribution in [0, 0.1) is 0 Å². The van der Waals surface area contributed by atoms with Crippen molar-refractivity contribution in [2.75, 3.05) is 0 Å². The average Bonchev–Trinajstić information content (AvgIpc) is 2.30. The van der Waals surface area contributed by atoms with Gasteiger partial charge in [-0.05, 0) is 19.8 Å². The molecule has 0 unspecified atom stereocenters. The zero-order valence-electron chi connectivity index (χ0n) is 8.00. The highest BCUT2D eigenvalue weighted by molar-refractivity contribution is 6.30. The lowest BCUT2D eigenvalue weighted by Gasteiger charge is -2.03. The molecule has 0 aliphatic rings. The number of hydrogen-bond acceptors (Lipinski definition) is 1. The highest BCUT2D eigenvalue weighted by Gasteiger charge is 2.10. The van der Waals surface area contributed by atoms with Crippen LogP contribution in [0.15, 0.2) is 6.20 Å². The predicted octanol–water partition coefficient (Wildman–Crippen LogP) is 3.24. The molecule has 0 aromatic carbocycles. The molecule has 0 radical (unpaired) electrons. The van der Waals surface area contributed by atoms with Crippen LogP contribution in [-0.2, 0) is 0 Å². The number of hydrogen-bond donors (Lipinski definition) is 0. The van der Waals surface area contributed by atoms with Crippen LogP contribution in [0.5, 0.6) is 0 Å². The summed E-state index contributed by atoms with van der Waals surface area (Å²) in [5.74, 6) is 0.449. The fourth-order valence-electron chi connectivity index (χ4n) is 1.04. The molecule has 0 saturated heterocycles. The lowest BCUT2D eigenvalue weighted by atomic mass is 10.1. The smallest absolute Gasteiger partial charge is 0.154 e. The monoisotopic (exact) mass is 186 g/mol. The predicted molar refractivity (Wildman–Crippen MR) is 51.7 cm³/mol. The highest BCUT2D eigenvalue weighted by Crippen LogP contribution is 2.23. The second-order valence-corrected chi connectivity index (χ2v) is 3.96. The summed E-state index contributed by atoms with van der Waals surface area (Å²) in [7, 11) is 0. The van der Waals surface area contributed by atoms with Crippen molar-refractivity contribution in [3.8, 4) is 0 Å². The first-order chi connectivity index (χ1) is 5.52. The van der Waals surface area contributed by atoms with E-state index in [4.69, 9.17) is 11.6 Å². The van der Waals surface area contributed by atoms with E-state index in [0.29, 0.717) is 17.1 Å². The fourth-order valence-corrected chi connectivity index (χ4v) is 1.39. The van der Waals surface area contributed by atoms with E-state index < -0.39 is 0 Å². The first-order valence-electron chi connectivity index (χ1n) is 4.27. The molecule has 0 aliphatic heterocycles. The van der Waals surface area contributed by atoms with E-state index in [0.717, 1.165) is 5.56 Å². The molecule has 0 aliphatic carbocycles. The Hall–Kier alpha value is -0.500. The van der Waals surface area contributed by atoms with Crippen molar-refractivity contribution in [1.82, 2.24) is 9.78 Å². The molecule has 0 N–H and O–H groups in total. The van der Waals surface area contributed by atoms with E-state index in [1.807, 2.05) is 10.9 Å². The Labute approximate surface area is 78.5 Å². The van der Waals surface area contributed by atoms with Gasteiger partial charge >= 0.3 is 0 Å². The fraction of sp³-hybridized carbons (Fsp3) is 0.667. The quantitative estimate of drug-likeness (QED) is 0.694. The zero-order valence-corrected chi connectivity index (χ0v) is 8.76. The van der Waals surface area contributed by atoms with Gasteiger partial charge in [0.25, 0.3) is 0 Å². The van der Waals surface area contributed by atoms with E-state index >= 15 is 0 Å². The summed E-state index contributed by atoms with van der Waals surface area (Å²) < 4.78 is 1.90. The molecule has 0 atom stereocenters. The molecule has 0 bridgehead atoms. The second kappa shape index (κ2) is 3.48. The first kappa shape index (κ1) is 9.59. The lowest BCUT2D eigenvalue weighted by molar-refractivity contribution is 0.532. The molecule has 2 nitrogen and oxygen atoms in total. The van der Waals surface area contributed by atoms with Crippen molar-refractivity contribution < 1.29 is 0 Å². The standard InChI is InChI=1S/C9H15ClN2/c1-6(2)8-5-12(7(3)4)11-9(8)10/h5-7H,1-4H3. The summed E-state index contributed by atoms with van der Waals surface area (Å²) in [5, 5.41) is 4.85. The van der Waals surface area contributed by atoms with Gasteiger partial charge in [-0.3, -0.25) is 4.68 Å². The molecule has 12 heavy (non-hydrogen) atoms. The average molecular weight is 187 g/mol. The minimum Gasteiger partial charge on any atom is -0.268 e. The molecule has 68 valence electrons. The van der Waals surface area contributed by atoms with Crippen LogP contribution in [0.3, 0.4) is 0 Å². The van der Waals surface area contributed by atoms with Crippen molar-refractivity contribution in [3.05, 3.63) is 16.9 Å². The Morgan fingerprint density at radius 1 is 1.33 bits per heavy atom. The van der Waals surface area contributed by atoms with Crippen LogP contribution in [0.4, 0.5) is 0 Å². The van der Waals surface area contributed by atoms with Crippen LogP contribution in [0.2, 0.25) is 5.15 Å². The van der Waals surface area contributed by atoms with Gasteiger partial charge in [-0.1, -0.05) is 25.4 Å². The molecule has 1 aromatic rings. The van der Waals surface area contributed by atoms with Gasteiger partial charge in [0.15, 0.2) is 5.15 Å². The molecular formula is C9H15ClN2. The summed E-state index contributed by atoms with van der Waals surface area (Å²) in [5.41, 5.74) is 1.13. The molecule has 0 fully saturated rings. The Kier molecular flexibility index (Phi) is 2.78. The maximum absolute atomic E-state index is 5.95. The van der Waals surface area contributed by atoms with Gasteiger partial charge in [0.05, 0.1) is 0 Å². The van der Waals surface area contributed by atoms with Gasteiger partial charge in [-0.2, -0.15) is 5.10 Å². The molecule has 1 aromatic heterocycles. The normalized spacial score (nSPS) is 11.6. The summed E-state index contributed by atoms with van der Waals surface area (Å²) >= 11 is 5.95. The molecule has 1 rings (SSSR count). The van der Waals surface area contributed by atoms with Crippen LogP contribution >= 0.6 is 11.6 Å². The van der Waals surface area contributed by atoms with Crippen molar-refractivity contribution in [1.29, 1.82) is 0 Å². The van der Waals surface area contributed by atoms with Crippen LogP contribution < -0.4 is 0 Å². The van der Waals surface area contributed by atoms with Crippen molar-refractivity contribution in [2.24, 2.45) is 0 Å². The van der Waals surface area contributed by atoms with Crippen LogP contribution in [0.1, 0.15) is 45.2 Å². The third-order valence-corrected chi connectivity index (χ3v) is 2.16. The van der Waals surface area contributed by atoms with Crippen molar-refractivity contribution >= 4 is 11.6 Å². The van der Waals surface area contributed by atoms with Gasteiger partial charge in [-0.15, -0.1) is 0 Å². The number of halogens is 1. The topological polar surface area (TPSA) is 17.8 Å².